The van der Waals surface area contributed by atoms with Gasteiger partial charge in [0.05, 0.1) is 19.4 Å². The molecule has 0 spiro atoms. The molecule has 16 heavy (non-hydrogen) atoms. The summed E-state index contributed by atoms with van der Waals surface area (Å²) >= 11 is 0. The Bertz CT molecular complexity index is 383. The maximum Gasteiger partial charge on any atom is 0.328 e. The molecule has 0 amide bonds. The maximum atomic E-state index is 11.4. The number of nitrogens with zero attached hydrogens (tertiary/aromatic N) is 1. The first kappa shape index (κ1) is 12.4. The molecule has 0 N–H and O–H groups in total. The fourth-order valence-corrected chi connectivity index (χ4v) is 1.62. The van der Waals surface area contributed by atoms with Gasteiger partial charge in [0, 0.05) is 12.8 Å². The summed E-state index contributed by atoms with van der Waals surface area (Å²) < 4.78 is 11.3. The van der Waals surface area contributed by atoms with Crippen molar-refractivity contribution in [3.05, 3.63) is 23.5 Å². The van der Waals surface area contributed by atoms with Gasteiger partial charge >= 0.3 is 5.97 Å². The molecule has 5 heteroatoms. The largest absolute Gasteiger partial charge is 0.467 e. The second-order valence-corrected chi connectivity index (χ2v) is 3.37. The lowest BCUT2D eigenvalue weighted by molar-refractivity contribution is -0.144. The Balaban J connectivity index is 3.11. The molecule has 0 aliphatic heterocycles. The van der Waals surface area contributed by atoms with Crippen LogP contribution in [0.3, 0.4) is 0 Å². The molecule has 0 aliphatic carbocycles. The van der Waals surface area contributed by atoms with Crippen LogP contribution in [0.25, 0.3) is 0 Å². The van der Waals surface area contributed by atoms with Crippen molar-refractivity contribution in [1.29, 1.82) is 0 Å². The summed E-state index contributed by atoms with van der Waals surface area (Å²) in [5, 5.41) is 0. The summed E-state index contributed by atoms with van der Waals surface area (Å²) in [4.78, 5) is 22.3. The Hall–Kier alpha value is -1.62. The van der Waals surface area contributed by atoms with E-state index < -0.39 is 12.0 Å². The van der Waals surface area contributed by atoms with Gasteiger partial charge in [-0.2, -0.15) is 0 Å². The normalized spacial score (nSPS) is 12.2. The smallest absolute Gasteiger partial charge is 0.328 e. The average molecular weight is 225 g/mol. The highest BCUT2D eigenvalue weighted by atomic mass is 16.5. The van der Waals surface area contributed by atoms with Crippen LogP contribution in [-0.4, -0.2) is 31.0 Å². The van der Waals surface area contributed by atoms with Crippen LogP contribution >= 0.6 is 0 Å². The Morgan fingerprint density at radius 3 is 2.69 bits per heavy atom. The van der Waals surface area contributed by atoms with Crippen LogP contribution < -0.4 is 0 Å². The van der Waals surface area contributed by atoms with Crippen molar-refractivity contribution < 1.29 is 19.1 Å². The molecule has 0 saturated carbocycles. The van der Waals surface area contributed by atoms with Gasteiger partial charge in [-0.1, -0.05) is 0 Å². The van der Waals surface area contributed by atoms with Gasteiger partial charge < -0.3 is 14.0 Å². The first-order valence-corrected chi connectivity index (χ1v) is 4.87. The lowest BCUT2D eigenvalue weighted by Crippen LogP contribution is -2.21. The van der Waals surface area contributed by atoms with Gasteiger partial charge in [0.2, 0.25) is 0 Å². The zero-order valence-electron chi connectivity index (χ0n) is 9.60. The van der Waals surface area contributed by atoms with Crippen molar-refractivity contribution in [3.8, 4) is 0 Å². The Morgan fingerprint density at radius 2 is 2.19 bits per heavy atom. The second kappa shape index (κ2) is 5.46. The van der Waals surface area contributed by atoms with Crippen molar-refractivity contribution in [2.75, 3.05) is 14.2 Å². The van der Waals surface area contributed by atoms with Gasteiger partial charge in [-0.25, -0.2) is 4.79 Å². The highest BCUT2D eigenvalue weighted by molar-refractivity contribution is 5.78. The van der Waals surface area contributed by atoms with Crippen LogP contribution in [0.1, 0.15) is 29.1 Å². The first-order valence-electron chi connectivity index (χ1n) is 4.87. The number of carbonyl (C=O) groups is 2. The first-order chi connectivity index (χ1) is 7.65. The molecule has 88 valence electrons. The Morgan fingerprint density at radius 1 is 1.50 bits per heavy atom. The van der Waals surface area contributed by atoms with Gasteiger partial charge in [-0.05, 0) is 19.1 Å². The minimum atomic E-state index is -0.537. The fraction of sp³-hybridized carbons (Fsp3) is 0.455. The number of methoxy groups -OCH3 is 2. The van der Waals surface area contributed by atoms with Crippen LogP contribution in [0.5, 0.6) is 0 Å². The topological polar surface area (TPSA) is 57.5 Å². The van der Waals surface area contributed by atoms with Crippen molar-refractivity contribution in [3.63, 3.8) is 0 Å². The molecular formula is C11H15NO4. The van der Waals surface area contributed by atoms with Crippen molar-refractivity contribution in [1.82, 2.24) is 4.57 Å². The quantitative estimate of drug-likeness (QED) is 0.557. The van der Waals surface area contributed by atoms with E-state index in [2.05, 4.69) is 4.74 Å². The van der Waals surface area contributed by atoms with E-state index in [-0.39, 0.29) is 0 Å². The molecule has 0 bridgehead atoms. The van der Waals surface area contributed by atoms with E-state index >= 15 is 0 Å². The number of rotatable bonds is 5. The molecule has 1 rings (SSSR count). The van der Waals surface area contributed by atoms with Crippen molar-refractivity contribution in [2.24, 2.45) is 0 Å². The molecule has 1 atom stereocenters. The van der Waals surface area contributed by atoms with Gasteiger partial charge in [0.25, 0.3) is 0 Å². The van der Waals surface area contributed by atoms with E-state index in [1.165, 1.54) is 7.11 Å². The summed E-state index contributed by atoms with van der Waals surface area (Å²) in [7, 11) is 2.87. The number of ether oxygens (including phenoxy) is 2. The number of esters is 1. The van der Waals surface area contributed by atoms with E-state index in [0.717, 1.165) is 5.69 Å². The number of hydrogen-bond acceptors (Lipinski definition) is 4. The maximum absolute atomic E-state index is 11.4. The monoisotopic (exact) mass is 225 g/mol. The number of hydrogen-bond donors (Lipinski definition) is 0. The van der Waals surface area contributed by atoms with E-state index in [4.69, 9.17) is 4.74 Å². The van der Waals surface area contributed by atoms with E-state index in [9.17, 15) is 9.59 Å². The molecule has 0 aliphatic rings. The summed E-state index contributed by atoms with van der Waals surface area (Å²) in [6.45, 7) is 2.02. The average Bonchev–Trinajstić information content (AvgIpc) is 2.70. The third-order valence-electron chi connectivity index (χ3n) is 2.38. The minimum absolute atomic E-state index is 0.342. The van der Waals surface area contributed by atoms with Crippen LogP contribution in [-0.2, 0) is 20.9 Å². The SMILES string of the molecule is COCc1ccc(C=O)n1[C@@H](C)C(=O)OC. The summed E-state index contributed by atoms with van der Waals surface area (Å²) in [5.41, 5.74) is 1.20. The molecule has 1 aromatic rings. The van der Waals surface area contributed by atoms with Gasteiger partial charge in [0.15, 0.2) is 6.29 Å². The standard InChI is InChI=1S/C11H15NO4/c1-8(11(14)16-3)12-9(6-13)4-5-10(12)7-15-2/h4-6,8H,7H2,1-3H3/t8-/m0/s1. The number of aromatic nitrogens is 1. The molecule has 1 heterocycles. The zero-order chi connectivity index (χ0) is 12.1. The summed E-state index contributed by atoms with van der Waals surface area (Å²) in [6, 6.07) is 2.87. The highest BCUT2D eigenvalue weighted by Crippen LogP contribution is 2.17. The molecule has 0 radical (unpaired) electrons. The van der Waals surface area contributed by atoms with E-state index in [0.29, 0.717) is 18.6 Å². The predicted octanol–water partition coefficient (Wildman–Crippen LogP) is 1.18. The van der Waals surface area contributed by atoms with Crippen molar-refractivity contribution >= 4 is 12.3 Å². The van der Waals surface area contributed by atoms with Crippen molar-refractivity contribution in [2.45, 2.75) is 19.6 Å². The predicted molar refractivity (Wildman–Crippen MR) is 57.3 cm³/mol. The molecule has 5 nitrogen and oxygen atoms in total. The lowest BCUT2D eigenvalue weighted by Gasteiger charge is -2.16. The highest BCUT2D eigenvalue weighted by Gasteiger charge is 2.20. The Kier molecular flexibility index (Phi) is 4.25. The second-order valence-electron chi connectivity index (χ2n) is 3.37. The molecular weight excluding hydrogens is 210 g/mol. The third-order valence-corrected chi connectivity index (χ3v) is 2.38. The fourth-order valence-electron chi connectivity index (χ4n) is 1.62. The van der Waals surface area contributed by atoms with Gasteiger partial charge in [-0.3, -0.25) is 4.79 Å². The number of carbonyl (C=O) groups excluding carboxylic acids is 2. The van der Waals surface area contributed by atoms with Crippen LogP contribution in [0.2, 0.25) is 0 Å². The molecule has 0 fully saturated rings. The van der Waals surface area contributed by atoms with E-state index in [1.54, 1.807) is 30.7 Å². The lowest BCUT2D eigenvalue weighted by atomic mass is 10.3. The molecule has 0 saturated heterocycles. The minimum Gasteiger partial charge on any atom is -0.467 e. The molecule has 0 unspecified atom stereocenters. The Labute approximate surface area is 94.0 Å². The number of aldehydes is 1. The summed E-state index contributed by atoms with van der Waals surface area (Å²) in [6.07, 6.45) is 0.707. The van der Waals surface area contributed by atoms with Crippen LogP contribution in [0.15, 0.2) is 12.1 Å². The van der Waals surface area contributed by atoms with Gasteiger partial charge in [0.1, 0.15) is 6.04 Å². The summed E-state index contributed by atoms with van der Waals surface area (Å²) in [5.74, 6) is -0.392. The third kappa shape index (κ3) is 2.30. The van der Waals surface area contributed by atoms with E-state index in [1.807, 2.05) is 0 Å². The molecule has 1 aromatic heterocycles. The zero-order valence-corrected chi connectivity index (χ0v) is 9.60. The molecule has 0 aromatic carbocycles. The van der Waals surface area contributed by atoms with Crippen LogP contribution in [0, 0.1) is 0 Å². The van der Waals surface area contributed by atoms with Crippen LogP contribution in [0.4, 0.5) is 0 Å². The van der Waals surface area contributed by atoms with Gasteiger partial charge in [-0.15, -0.1) is 0 Å².